The Bertz CT molecular complexity index is 803. The first kappa shape index (κ1) is 20.3. The fourth-order valence-corrected chi connectivity index (χ4v) is 3.28. The summed E-state index contributed by atoms with van der Waals surface area (Å²) in [7, 11) is 4.86. The fraction of sp³-hybridized carbons (Fsp3) is 0.381. The maximum absolute atomic E-state index is 5.96. The van der Waals surface area contributed by atoms with Gasteiger partial charge in [-0.05, 0) is 23.8 Å². The van der Waals surface area contributed by atoms with E-state index in [1.54, 1.807) is 21.3 Å². The van der Waals surface area contributed by atoms with Crippen molar-refractivity contribution in [2.24, 2.45) is 5.10 Å². The zero-order valence-electron chi connectivity index (χ0n) is 16.5. The highest BCUT2D eigenvalue weighted by atomic mass is 35.5. The minimum atomic E-state index is 0.632. The number of hydrogen-bond donors (Lipinski definition) is 0. The molecule has 3 rings (SSSR count). The molecule has 1 heterocycles. The maximum Gasteiger partial charge on any atom is 0.164 e. The third kappa shape index (κ3) is 5.09. The smallest absolute Gasteiger partial charge is 0.164 e. The number of halogens is 1. The van der Waals surface area contributed by atoms with Gasteiger partial charge in [-0.3, -0.25) is 9.91 Å². The van der Waals surface area contributed by atoms with Crippen LogP contribution in [0, 0.1) is 0 Å². The van der Waals surface area contributed by atoms with Crippen molar-refractivity contribution >= 4 is 17.8 Å². The van der Waals surface area contributed by atoms with E-state index < -0.39 is 0 Å². The van der Waals surface area contributed by atoms with Crippen LogP contribution >= 0.6 is 11.6 Å². The predicted octanol–water partition coefficient (Wildman–Crippen LogP) is 3.52. The van der Waals surface area contributed by atoms with Gasteiger partial charge in [0.2, 0.25) is 0 Å². The lowest BCUT2D eigenvalue weighted by Gasteiger charge is -2.33. The molecule has 1 aliphatic heterocycles. The van der Waals surface area contributed by atoms with Gasteiger partial charge in [0.15, 0.2) is 11.5 Å². The zero-order valence-corrected chi connectivity index (χ0v) is 17.3. The molecule has 0 spiro atoms. The number of hydrazone groups is 1. The molecule has 0 saturated carbocycles. The maximum atomic E-state index is 5.96. The molecule has 6 nitrogen and oxygen atoms in total. The second kappa shape index (κ2) is 9.66. The Morgan fingerprint density at radius 1 is 0.893 bits per heavy atom. The average molecular weight is 404 g/mol. The van der Waals surface area contributed by atoms with Crippen LogP contribution < -0.4 is 14.2 Å². The van der Waals surface area contributed by atoms with Crippen molar-refractivity contribution in [1.82, 2.24) is 9.91 Å². The van der Waals surface area contributed by atoms with E-state index in [1.807, 2.05) is 30.5 Å². The van der Waals surface area contributed by atoms with Gasteiger partial charge in [0.1, 0.15) is 5.75 Å². The molecule has 0 atom stereocenters. The molecule has 1 saturated heterocycles. The molecule has 0 radical (unpaired) electrons. The van der Waals surface area contributed by atoms with Crippen molar-refractivity contribution in [1.29, 1.82) is 0 Å². The minimum Gasteiger partial charge on any atom is -0.496 e. The molecular formula is C21H26ClN3O3. The van der Waals surface area contributed by atoms with Crippen LogP contribution in [0.5, 0.6) is 17.2 Å². The van der Waals surface area contributed by atoms with Gasteiger partial charge in [-0.25, -0.2) is 0 Å². The molecule has 7 heteroatoms. The van der Waals surface area contributed by atoms with Crippen LogP contribution in [-0.4, -0.2) is 63.6 Å². The molecule has 1 aliphatic rings. The first-order valence-electron chi connectivity index (χ1n) is 9.18. The van der Waals surface area contributed by atoms with E-state index in [0.29, 0.717) is 17.2 Å². The molecular weight excluding hydrogens is 378 g/mol. The Morgan fingerprint density at radius 2 is 1.50 bits per heavy atom. The van der Waals surface area contributed by atoms with Gasteiger partial charge >= 0.3 is 0 Å². The summed E-state index contributed by atoms with van der Waals surface area (Å²) in [5, 5.41) is 7.48. The molecule has 150 valence electrons. The van der Waals surface area contributed by atoms with Crippen molar-refractivity contribution in [2.75, 3.05) is 47.5 Å². The number of methoxy groups -OCH3 is 3. The Balaban J connectivity index is 1.59. The topological polar surface area (TPSA) is 46.5 Å². The van der Waals surface area contributed by atoms with E-state index in [2.05, 4.69) is 27.1 Å². The highest BCUT2D eigenvalue weighted by molar-refractivity contribution is 6.30. The quantitative estimate of drug-likeness (QED) is 0.662. The molecule has 28 heavy (non-hydrogen) atoms. The number of hydrogen-bond acceptors (Lipinski definition) is 6. The van der Waals surface area contributed by atoms with Crippen LogP contribution in [-0.2, 0) is 6.54 Å². The van der Waals surface area contributed by atoms with Crippen LogP contribution in [0.4, 0.5) is 0 Å². The lowest BCUT2D eigenvalue weighted by molar-refractivity contribution is 0.131. The Hall–Kier alpha value is -2.44. The number of ether oxygens (including phenoxy) is 3. The van der Waals surface area contributed by atoms with Crippen molar-refractivity contribution < 1.29 is 14.2 Å². The van der Waals surface area contributed by atoms with Crippen molar-refractivity contribution in [3.8, 4) is 17.2 Å². The van der Waals surface area contributed by atoms with E-state index in [4.69, 9.17) is 25.8 Å². The summed E-state index contributed by atoms with van der Waals surface area (Å²) in [5.74, 6) is 1.98. The lowest BCUT2D eigenvalue weighted by Crippen LogP contribution is -2.43. The van der Waals surface area contributed by atoms with Crippen LogP contribution in [0.3, 0.4) is 0 Å². The summed E-state index contributed by atoms with van der Waals surface area (Å²) < 4.78 is 16.2. The van der Waals surface area contributed by atoms with E-state index in [1.165, 1.54) is 5.56 Å². The molecule has 0 N–H and O–H groups in total. The van der Waals surface area contributed by atoms with Crippen molar-refractivity contribution in [3.63, 3.8) is 0 Å². The fourth-order valence-electron chi connectivity index (χ4n) is 3.16. The van der Waals surface area contributed by atoms with Gasteiger partial charge in [0.25, 0.3) is 0 Å². The summed E-state index contributed by atoms with van der Waals surface area (Å²) in [6.45, 7) is 4.60. The van der Waals surface area contributed by atoms with E-state index in [9.17, 15) is 0 Å². The second-order valence-corrected chi connectivity index (χ2v) is 6.99. The number of nitrogens with zero attached hydrogens (tertiary/aromatic N) is 3. The normalized spacial score (nSPS) is 15.1. The monoisotopic (exact) mass is 403 g/mol. The van der Waals surface area contributed by atoms with Crippen LogP contribution in [0.25, 0.3) is 0 Å². The summed E-state index contributed by atoms with van der Waals surface area (Å²) >= 11 is 5.96. The molecule has 0 aromatic heterocycles. The van der Waals surface area contributed by atoms with Gasteiger partial charge in [-0.1, -0.05) is 23.7 Å². The first-order chi connectivity index (χ1) is 13.6. The molecule has 2 aromatic rings. The van der Waals surface area contributed by atoms with Crippen LogP contribution in [0.15, 0.2) is 41.5 Å². The predicted molar refractivity (Wildman–Crippen MR) is 112 cm³/mol. The number of piperazine rings is 1. The van der Waals surface area contributed by atoms with Gasteiger partial charge < -0.3 is 14.2 Å². The third-order valence-electron chi connectivity index (χ3n) is 4.76. The third-order valence-corrected chi connectivity index (χ3v) is 5.02. The van der Waals surface area contributed by atoms with E-state index in [0.717, 1.165) is 43.3 Å². The van der Waals surface area contributed by atoms with Crippen molar-refractivity contribution in [3.05, 3.63) is 52.5 Å². The average Bonchev–Trinajstić information content (AvgIpc) is 2.74. The highest BCUT2D eigenvalue weighted by Gasteiger charge is 2.16. The Morgan fingerprint density at radius 3 is 2.11 bits per heavy atom. The Labute approximate surface area is 171 Å². The molecule has 2 aromatic carbocycles. The zero-order chi connectivity index (χ0) is 19.9. The van der Waals surface area contributed by atoms with Gasteiger partial charge in [-0.15, -0.1) is 0 Å². The number of benzene rings is 2. The van der Waals surface area contributed by atoms with Gasteiger partial charge in [-0.2, -0.15) is 5.10 Å². The van der Waals surface area contributed by atoms with Gasteiger partial charge in [0.05, 0.1) is 27.5 Å². The van der Waals surface area contributed by atoms with E-state index >= 15 is 0 Å². The molecule has 0 aliphatic carbocycles. The molecule has 1 fully saturated rings. The summed E-state index contributed by atoms with van der Waals surface area (Å²) in [4.78, 5) is 2.42. The largest absolute Gasteiger partial charge is 0.496 e. The summed E-state index contributed by atoms with van der Waals surface area (Å²) in [6.07, 6.45) is 1.82. The van der Waals surface area contributed by atoms with E-state index in [-0.39, 0.29) is 0 Å². The van der Waals surface area contributed by atoms with Crippen LogP contribution in [0.2, 0.25) is 5.02 Å². The molecule has 0 bridgehead atoms. The standard InChI is InChI=1S/C21H26ClN3O3/c1-26-19-13-21(28-3)20(27-2)12-17(19)14-23-25-10-8-24(9-11-25)15-16-4-6-18(22)7-5-16/h4-7,12-14H,8-11,15H2,1-3H3/b23-14+. The molecule has 0 amide bonds. The molecule has 0 unspecified atom stereocenters. The van der Waals surface area contributed by atoms with Crippen molar-refractivity contribution in [2.45, 2.75) is 6.54 Å². The SMILES string of the molecule is COc1cc(OC)c(OC)cc1/C=N/N1CCN(Cc2ccc(Cl)cc2)CC1. The minimum absolute atomic E-state index is 0.632. The summed E-state index contributed by atoms with van der Waals surface area (Å²) in [6, 6.07) is 11.7. The van der Waals surface area contributed by atoms with Crippen LogP contribution in [0.1, 0.15) is 11.1 Å². The first-order valence-corrected chi connectivity index (χ1v) is 9.56. The summed E-state index contributed by atoms with van der Waals surface area (Å²) in [5.41, 5.74) is 2.13. The second-order valence-electron chi connectivity index (χ2n) is 6.55. The highest BCUT2D eigenvalue weighted by Crippen LogP contribution is 2.33. The lowest BCUT2D eigenvalue weighted by atomic mass is 10.2. The number of rotatable bonds is 7. The Kier molecular flexibility index (Phi) is 7.01. The van der Waals surface area contributed by atoms with Gasteiger partial charge in [0, 0.05) is 49.4 Å².